The Morgan fingerprint density at radius 2 is 1.92 bits per heavy atom. The molecule has 0 amide bonds. The maximum Gasteiger partial charge on any atom is 0.186 e. The molecule has 4 heteroatoms. The van der Waals surface area contributed by atoms with E-state index in [1.807, 2.05) is 19.9 Å². The number of guanidine groups is 1. The second-order valence-electron chi connectivity index (χ2n) is 3.64. The molecule has 0 spiro atoms. The van der Waals surface area contributed by atoms with Crippen LogP contribution in [0.1, 0.15) is 27.7 Å². The largest absolute Gasteiger partial charge is 0.388 e. The highest BCUT2D eigenvalue weighted by molar-refractivity contribution is 5.76. The van der Waals surface area contributed by atoms with Crippen molar-refractivity contribution in [2.45, 2.75) is 39.3 Å². The predicted molar refractivity (Wildman–Crippen MR) is 55.3 cm³/mol. The predicted octanol–water partition coefficient (Wildman–Crippen LogP) is 0.366. The molecule has 0 saturated heterocycles. The molecule has 0 aromatic heterocycles. The lowest BCUT2D eigenvalue weighted by molar-refractivity contribution is 0.0643. The van der Waals surface area contributed by atoms with Gasteiger partial charge in [-0.25, -0.2) is 4.99 Å². The van der Waals surface area contributed by atoms with Crippen LogP contribution in [0.25, 0.3) is 0 Å². The summed E-state index contributed by atoms with van der Waals surface area (Å²) in [5.74, 6) is -0.00618. The Hall–Kier alpha value is -1.03. The molecule has 13 heavy (non-hydrogen) atoms. The Morgan fingerprint density at radius 3 is 2.15 bits per heavy atom. The fourth-order valence-electron chi connectivity index (χ4n) is 1.12. The first kappa shape index (κ1) is 12.0. The lowest BCUT2D eigenvalue weighted by Crippen LogP contribution is -2.38. The van der Waals surface area contributed by atoms with E-state index in [0.717, 1.165) is 5.57 Å². The Balaban J connectivity index is 4.89. The van der Waals surface area contributed by atoms with Gasteiger partial charge in [-0.05, 0) is 27.7 Å². The van der Waals surface area contributed by atoms with Gasteiger partial charge in [0.2, 0.25) is 0 Å². The monoisotopic (exact) mass is 185 g/mol. The van der Waals surface area contributed by atoms with Crippen LogP contribution in [0.3, 0.4) is 0 Å². The van der Waals surface area contributed by atoms with Crippen molar-refractivity contribution in [3.05, 3.63) is 11.6 Å². The second-order valence-corrected chi connectivity index (χ2v) is 3.64. The Kier molecular flexibility index (Phi) is 3.94. The molecule has 0 aromatic carbocycles. The van der Waals surface area contributed by atoms with Gasteiger partial charge in [0.05, 0.1) is 5.60 Å². The molecular formula is C9H19N3O. The van der Waals surface area contributed by atoms with Crippen molar-refractivity contribution >= 4 is 5.96 Å². The molecule has 0 saturated carbocycles. The number of nitrogens with zero attached hydrogens (tertiary/aromatic N) is 1. The van der Waals surface area contributed by atoms with E-state index in [-0.39, 0.29) is 12.0 Å². The van der Waals surface area contributed by atoms with E-state index >= 15 is 0 Å². The van der Waals surface area contributed by atoms with Crippen LogP contribution in [0, 0.1) is 0 Å². The zero-order valence-corrected chi connectivity index (χ0v) is 8.70. The summed E-state index contributed by atoms with van der Waals surface area (Å²) in [6.45, 7) is 7.12. The third kappa shape index (κ3) is 3.94. The summed E-state index contributed by atoms with van der Waals surface area (Å²) in [6, 6.07) is -0.373. The Bertz CT molecular complexity index is 222. The van der Waals surface area contributed by atoms with Crippen molar-refractivity contribution in [2.24, 2.45) is 16.5 Å². The van der Waals surface area contributed by atoms with Gasteiger partial charge in [-0.15, -0.1) is 0 Å². The van der Waals surface area contributed by atoms with Crippen LogP contribution in [0.5, 0.6) is 0 Å². The number of rotatable bonds is 3. The van der Waals surface area contributed by atoms with Gasteiger partial charge in [-0.1, -0.05) is 11.6 Å². The lowest BCUT2D eigenvalue weighted by Gasteiger charge is -2.26. The SMILES string of the molecule is CC=C(C)C(N=C(N)N)C(C)(C)O. The normalized spacial score (nSPS) is 15.3. The van der Waals surface area contributed by atoms with E-state index in [4.69, 9.17) is 11.5 Å². The number of hydrogen-bond acceptors (Lipinski definition) is 2. The molecular weight excluding hydrogens is 166 g/mol. The molecule has 0 aliphatic heterocycles. The molecule has 0 fully saturated rings. The average molecular weight is 185 g/mol. The molecule has 4 nitrogen and oxygen atoms in total. The van der Waals surface area contributed by atoms with Crippen LogP contribution >= 0.6 is 0 Å². The van der Waals surface area contributed by atoms with Crippen molar-refractivity contribution in [2.75, 3.05) is 0 Å². The van der Waals surface area contributed by atoms with E-state index < -0.39 is 5.60 Å². The third-order valence-corrected chi connectivity index (χ3v) is 1.83. The highest BCUT2D eigenvalue weighted by Crippen LogP contribution is 2.19. The van der Waals surface area contributed by atoms with Gasteiger partial charge < -0.3 is 16.6 Å². The van der Waals surface area contributed by atoms with Gasteiger partial charge in [0, 0.05) is 0 Å². The minimum atomic E-state index is -0.944. The van der Waals surface area contributed by atoms with E-state index in [0.29, 0.717) is 0 Å². The molecule has 0 rings (SSSR count). The Morgan fingerprint density at radius 1 is 1.46 bits per heavy atom. The fraction of sp³-hybridized carbons (Fsp3) is 0.667. The molecule has 76 valence electrons. The molecule has 0 bridgehead atoms. The molecule has 1 unspecified atom stereocenters. The Labute approximate surface area is 79.3 Å². The molecule has 0 aliphatic carbocycles. The summed E-state index contributed by atoms with van der Waals surface area (Å²) in [6.07, 6.45) is 1.88. The van der Waals surface area contributed by atoms with Crippen molar-refractivity contribution in [1.82, 2.24) is 0 Å². The van der Waals surface area contributed by atoms with Gasteiger partial charge >= 0.3 is 0 Å². The highest BCUT2D eigenvalue weighted by atomic mass is 16.3. The quantitative estimate of drug-likeness (QED) is 0.337. The van der Waals surface area contributed by atoms with E-state index in [1.54, 1.807) is 13.8 Å². The van der Waals surface area contributed by atoms with E-state index in [1.165, 1.54) is 0 Å². The maximum atomic E-state index is 9.77. The second kappa shape index (κ2) is 4.28. The van der Waals surface area contributed by atoms with Gasteiger partial charge in [0.15, 0.2) is 5.96 Å². The molecule has 1 atom stereocenters. The van der Waals surface area contributed by atoms with Crippen LogP contribution < -0.4 is 11.5 Å². The average Bonchev–Trinajstić information content (AvgIpc) is 1.96. The van der Waals surface area contributed by atoms with E-state index in [2.05, 4.69) is 4.99 Å². The zero-order valence-electron chi connectivity index (χ0n) is 8.70. The molecule has 0 radical (unpaired) electrons. The van der Waals surface area contributed by atoms with Gasteiger partial charge in [0.1, 0.15) is 6.04 Å². The van der Waals surface area contributed by atoms with Gasteiger partial charge in [-0.3, -0.25) is 0 Å². The summed E-state index contributed by atoms with van der Waals surface area (Å²) in [5, 5.41) is 9.77. The van der Waals surface area contributed by atoms with Gasteiger partial charge in [-0.2, -0.15) is 0 Å². The van der Waals surface area contributed by atoms with Crippen molar-refractivity contribution < 1.29 is 5.11 Å². The summed E-state index contributed by atoms with van der Waals surface area (Å²) < 4.78 is 0. The lowest BCUT2D eigenvalue weighted by atomic mass is 9.93. The standard InChI is InChI=1S/C9H19N3O/c1-5-6(2)7(9(3,4)13)12-8(10)11/h5,7,13H,1-4H3,(H4,10,11,12). The number of allylic oxidation sites excluding steroid dienone is 1. The third-order valence-electron chi connectivity index (χ3n) is 1.83. The first-order chi connectivity index (χ1) is 5.79. The van der Waals surface area contributed by atoms with E-state index in [9.17, 15) is 5.11 Å². The first-order valence-electron chi connectivity index (χ1n) is 4.23. The van der Waals surface area contributed by atoms with Crippen molar-refractivity contribution in [3.8, 4) is 0 Å². The van der Waals surface area contributed by atoms with Crippen LogP contribution in [0.4, 0.5) is 0 Å². The fourth-order valence-corrected chi connectivity index (χ4v) is 1.12. The van der Waals surface area contributed by atoms with Crippen LogP contribution in [-0.4, -0.2) is 22.7 Å². The minimum absolute atomic E-state index is 0.00618. The first-order valence-corrected chi connectivity index (χ1v) is 4.23. The summed E-state index contributed by atoms with van der Waals surface area (Å²) in [5.41, 5.74) is 10.5. The smallest absolute Gasteiger partial charge is 0.186 e. The van der Waals surface area contributed by atoms with Crippen molar-refractivity contribution in [3.63, 3.8) is 0 Å². The molecule has 0 aromatic rings. The minimum Gasteiger partial charge on any atom is -0.388 e. The maximum absolute atomic E-state index is 9.77. The molecule has 5 N–H and O–H groups in total. The summed E-state index contributed by atoms with van der Waals surface area (Å²) in [7, 11) is 0. The van der Waals surface area contributed by atoms with Crippen LogP contribution in [0.2, 0.25) is 0 Å². The summed E-state index contributed by atoms with van der Waals surface area (Å²) >= 11 is 0. The number of aliphatic hydroxyl groups is 1. The topological polar surface area (TPSA) is 84.6 Å². The highest BCUT2D eigenvalue weighted by Gasteiger charge is 2.27. The van der Waals surface area contributed by atoms with Crippen LogP contribution in [-0.2, 0) is 0 Å². The molecule has 0 heterocycles. The molecule has 0 aliphatic rings. The number of hydrogen-bond donors (Lipinski definition) is 3. The van der Waals surface area contributed by atoms with Crippen molar-refractivity contribution in [1.29, 1.82) is 0 Å². The number of aliphatic imine (C=N–C) groups is 1. The zero-order chi connectivity index (χ0) is 10.6. The number of nitrogens with two attached hydrogens (primary N) is 2. The van der Waals surface area contributed by atoms with Crippen LogP contribution in [0.15, 0.2) is 16.6 Å². The summed E-state index contributed by atoms with van der Waals surface area (Å²) in [4.78, 5) is 3.97. The van der Waals surface area contributed by atoms with Gasteiger partial charge in [0.25, 0.3) is 0 Å².